The Bertz CT molecular complexity index is 187. The van der Waals surface area contributed by atoms with Crippen LogP contribution in [0.5, 0.6) is 0 Å². The van der Waals surface area contributed by atoms with E-state index in [0.29, 0.717) is 19.3 Å². The summed E-state index contributed by atoms with van der Waals surface area (Å²) in [5, 5.41) is 11.7. The normalized spacial score (nSPS) is 23.6. The van der Waals surface area contributed by atoms with Gasteiger partial charge in [0.2, 0.25) is 0 Å². The molecule has 1 atom stereocenters. The van der Waals surface area contributed by atoms with Gasteiger partial charge in [-0.3, -0.25) is 4.79 Å². The minimum absolute atomic E-state index is 0.0859. The number of carboxylic acid groups (broad SMARTS) is 1. The average Bonchev–Trinajstić information content (AvgIpc) is 2.12. The van der Waals surface area contributed by atoms with E-state index >= 15 is 0 Å². The van der Waals surface area contributed by atoms with E-state index in [9.17, 15) is 4.79 Å². The number of aliphatic carboxylic acids is 1. The lowest BCUT2D eigenvalue weighted by Crippen LogP contribution is -2.51. The number of carboxylic acids is 1. The van der Waals surface area contributed by atoms with Crippen molar-refractivity contribution < 1.29 is 14.6 Å². The van der Waals surface area contributed by atoms with Gasteiger partial charge in [0, 0.05) is 25.7 Å². The van der Waals surface area contributed by atoms with Crippen LogP contribution in [-0.4, -0.2) is 61.9 Å². The topological polar surface area (TPSA) is 61.8 Å². The Kier molecular flexibility index (Phi) is 4.86. The first-order chi connectivity index (χ1) is 6.68. The standard InChI is InChI=1S/C9H18N2O3/c1-11-4-3-10-8(6-11)7-14-5-2-9(12)13/h8,10H,2-7H2,1H3,(H,12,13). The zero-order chi connectivity index (χ0) is 10.4. The molecule has 0 radical (unpaired) electrons. The van der Waals surface area contributed by atoms with Crippen LogP contribution in [0.1, 0.15) is 6.42 Å². The van der Waals surface area contributed by atoms with Crippen molar-refractivity contribution in [2.24, 2.45) is 0 Å². The van der Waals surface area contributed by atoms with Crippen LogP contribution in [0.25, 0.3) is 0 Å². The summed E-state index contributed by atoms with van der Waals surface area (Å²) in [6, 6.07) is 0.336. The highest BCUT2D eigenvalue weighted by Crippen LogP contribution is 1.97. The van der Waals surface area contributed by atoms with Gasteiger partial charge in [-0.15, -0.1) is 0 Å². The lowest BCUT2D eigenvalue weighted by atomic mass is 10.2. The van der Waals surface area contributed by atoms with Crippen molar-refractivity contribution in [3.05, 3.63) is 0 Å². The van der Waals surface area contributed by atoms with Gasteiger partial charge in [-0.05, 0) is 7.05 Å². The molecule has 1 rings (SSSR count). The number of likely N-dealkylation sites (N-methyl/N-ethyl adjacent to an activating group) is 1. The minimum atomic E-state index is -0.807. The Morgan fingerprint density at radius 2 is 2.50 bits per heavy atom. The van der Waals surface area contributed by atoms with Gasteiger partial charge in [0.05, 0.1) is 19.6 Å². The number of nitrogens with one attached hydrogen (secondary N) is 1. The first-order valence-electron chi connectivity index (χ1n) is 4.90. The number of rotatable bonds is 5. The number of hydrogen-bond acceptors (Lipinski definition) is 4. The van der Waals surface area contributed by atoms with Crippen molar-refractivity contribution in [1.29, 1.82) is 0 Å². The predicted octanol–water partition coefficient (Wildman–Crippen LogP) is -0.619. The second kappa shape index (κ2) is 5.95. The van der Waals surface area contributed by atoms with Gasteiger partial charge in [0.15, 0.2) is 0 Å². The second-order valence-electron chi connectivity index (χ2n) is 3.63. The van der Waals surface area contributed by atoms with E-state index in [0.717, 1.165) is 19.6 Å². The van der Waals surface area contributed by atoms with Crippen molar-refractivity contribution in [3.63, 3.8) is 0 Å². The van der Waals surface area contributed by atoms with Crippen LogP contribution in [0, 0.1) is 0 Å². The fourth-order valence-electron chi connectivity index (χ4n) is 1.49. The SMILES string of the molecule is CN1CCNC(COCCC(=O)O)C1. The Labute approximate surface area is 84.0 Å². The molecule has 0 spiro atoms. The molecular weight excluding hydrogens is 184 g/mol. The summed E-state index contributed by atoms with van der Waals surface area (Å²) in [5.41, 5.74) is 0. The lowest BCUT2D eigenvalue weighted by molar-refractivity contribution is -0.138. The number of nitrogens with zero attached hydrogens (tertiary/aromatic N) is 1. The average molecular weight is 202 g/mol. The van der Waals surface area contributed by atoms with Gasteiger partial charge < -0.3 is 20.1 Å². The molecule has 0 aromatic heterocycles. The summed E-state index contributed by atoms with van der Waals surface area (Å²) >= 11 is 0. The largest absolute Gasteiger partial charge is 0.481 e. The third-order valence-corrected chi connectivity index (χ3v) is 2.24. The summed E-state index contributed by atoms with van der Waals surface area (Å²) in [7, 11) is 2.07. The van der Waals surface area contributed by atoms with E-state index in [1.807, 2.05) is 0 Å². The van der Waals surface area contributed by atoms with Gasteiger partial charge in [0.1, 0.15) is 0 Å². The molecule has 1 aliphatic rings. The van der Waals surface area contributed by atoms with E-state index in [1.54, 1.807) is 0 Å². The highest BCUT2D eigenvalue weighted by Gasteiger charge is 2.15. The third kappa shape index (κ3) is 4.55. The van der Waals surface area contributed by atoms with Crippen LogP contribution < -0.4 is 5.32 Å². The summed E-state index contributed by atoms with van der Waals surface area (Å²) in [4.78, 5) is 12.4. The molecule has 82 valence electrons. The first kappa shape index (κ1) is 11.4. The van der Waals surface area contributed by atoms with Gasteiger partial charge in [-0.2, -0.15) is 0 Å². The quantitative estimate of drug-likeness (QED) is 0.582. The Morgan fingerprint density at radius 3 is 3.14 bits per heavy atom. The molecule has 1 unspecified atom stereocenters. The van der Waals surface area contributed by atoms with E-state index < -0.39 is 5.97 Å². The number of ether oxygens (including phenoxy) is 1. The van der Waals surface area contributed by atoms with Crippen molar-refractivity contribution >= 4 is 5.97 Å². The van der Waals surface area contributed by atoms with Crippen molar-refractivity contribution in [1.82, 2.24) is 10.2 Å². The molecule has 5 heteroatoms. The maximum Gasteiger partial charge on any atom is 0.305 e. The zero-order valence-electron chi connectivity index (χ0n) is 8.53. The van der Waals surface area contributed by atoms with E-state index in [2.05, 4.69) is 17.3 Å². The lowest BCUT2D eigenvalue weighted by Gasteiger charge is -2.30. The van der Waals surface area contributed by atoms with E-state index in [1.165, 1.54) is 0 Å². The summed E-state index contributed by atoms with van der Waals surface area (Å²) in [6.07, 6.45) is 0.0859. The molecule has 0 aromatic rings. The van der Waals surface area contributed by atoms with Crippen LogP contribution in [0.2, 0.25) is 0 Å². The monoisotopic (exact) mass is 202 g/mol. The van der Waals surface area contributed by atoms with Crippen LogP contribution in [-0.2, 0) is 9.53 Å². The maximum atomic E-state index is 10.2. The number of piperazine rings is 1. The molecule has 0 bridgehead atoms. The van der Waals surface area contributed by atoms with Gasteiger partial charge in [0.25, 0.3) is 0 Å². The first-order valence-corrected chi connectivity index (χ1v) is 4.90. The minimum Gasteiger partial charge on any atom is -0.481 e. The van der Waals surface area contributed by atoms with Crippen LogP contribution >= 0.6 is 0 Å². The molecule has 5 nitrogen and oxygen atoms in total. The third-order valence-electron chi connectivity index (χ3n) is 2.24. The Morgan fingerprint density at radius 1 is 1.71 bits per heavy atom. The Hall–Kier alpha value is -0.650. The molecule has 0 aromatic carbocycles. The van der Waals surface area contributed by atoms with Crippen molar-refractivity contribution in [2.45, 2.75) is 12.5 Å². The van der Waals surface area contributed by atoms with Gasteiger partial charge >= 0.3 is 5.97 Å². The van der Waals surface area contributed by atoms with E-state index in [4.69, 9.17) is 9.84 Å². The molecular formula is C9H18N2O3. The Balaban J connectivity index is 2.03. The highest BCUT2D eigenvalue weighted by atomic mass is 16.5. The highest BCUT2D eigenvalue weighted by molar-refractivity contribution is 5.66. The summed E-state index contributed by atoms with van der Waals surface area (Å²) < 4.78 is 5.26. The molecule has 0 aliphatic carbocycles. The van der Waals surface area contributed by atoms with Crippen LogP contribution in [0.15, 0.2) is 0 Å². The fraction of sp³-hybridized carbons (Fsp3) is 0.889. The molecule has 14 heavy (non-hydrogen) atoms. The van der Waals surface area contributed by atoms with Crippen LogP contribution in [0.4, 0.5) is 0 Å². The number of hydrogen-bond donors (Lipinski definition) is 2. The van der Waals surface area contributed by atoms with Gasteiger partial charge in [-0.1, -0.05) is 0 Å². The molecule has 1 saturated heterocycles. The van der Waals surface area contributed by atoms with Crippen molar-refractivity contribution in [3.8, 4) is 0 Å². The zero-order valence-corrected chi connectivity index (χ0v) is 8.53. The molecule has 2 N–H and O–H groups in total. The second-order valence-corrected chi connectivity index (χ2v) is 3.63. The van der Waals surface area contributed by atoms with Crippen molar-refractivity contribution in [2.75, 3.05) is 39.9 Å². The fourth-order valence-corrected chi connectivity index (χ4v) is 1.49. The van der Waals surface area contributed by atoms with Crippen LogP contribution in [0.3, 0.4) is 0 Å². The molecule has 1 fully saturated rings. The molecule has 1 heterocycles. The molecule has 1 aliphatic heterocycles. The summed E-state index contributed by atoms with van der Waals surface area (Å²) in [5.74, 6) is -0.807. The maximum absolute atomic E-state index is 10.2. The smallest absolute Gasteiger partial charge is 0.305 e. The molecule has 0 amide bonds. The molecule has 0 saturated carbocycles. The van der Waals surface area contributed by atoms with Gasteiger partial charge in [-0.25, -0.2) is 0 Å². The predicted molar refractivity (Wildman–Crippen MR) is 52.4 cm³/mol. The van der Waals surface area contributed by atoms with E-state index in [-0.39, 0.29) is 6.42 Å². The summed E-state index contributed by atoms with van der Waals surface area (Å²) in [6.45, 7) is 3.90. The number of carbonyl (C=O) groups is 1.